The first-order chi connectivity index (χ1) is 20.1. The predicted molar refractivity (Wildman–Crippen MR) is 157 cm³/mol. The monoisotopic (exact) mass is 559 g/mol. The number of nitrogens with zero attached hydrogens (tertiary/aromatic N) is 7. The van der Waals surface area contributed by atoms with Crippen molar-refractivity contribution in [1.82, 2.24) is 25.0 Å². The zero-order valence-corrected chi connectivity index (χ0v) is 22.8. The minimum absolute atomic E-state index is 0.190. The van der Waals surface area contributed by atoms with Crippen LogP contribution in [0.2, 0.25) is 5.02 Å². The molecular weight excluding hydrogens is 534 g/mol. The van der Waals surface area contributed by atoms with Crippen molar-refractivity contribution >= 4 is 33.9 Å². The third-order valence-electron chi connectivity index (χ3n) is 7.18. The molecular formula is C31H26ClN9. The SMILES string of the molecule is N#CCCC(Nc1c(C#N)cnc2c(Cl)cc(NC(c3cccnc3)c3cn(C4CC4)nn3)cc12)c1ccccc1. The van der Waals surface area contributed by atoms with Crippen molar-refractivity contribution < 1.29 is 0 Å². The second-order valence-electron chi connectivity index (χ2n) is 10.0. The zero-order chi connectivity index (χ0) is 28.2. The third-order valence-corrected chi connectivity index (χ3v) is 7.47. The number of fused-ring (bicyclic) bond motifs is 1. The molecule has 10 heteroatoms. The Hall–Kier alpha value is -4.99. The number of halogens is 1. The van der Waals surface area contributed by atoms with E-state index in [0.29, 0.717) is 46.1 Å². The van der Waals surface area contributed by atoms with Crippen molar-refractivity contribution in [2.45, 2.75) is 43.8 Å². The number of rotatable bonds is 10. The van der Waals surface area contributed by atoms with E-state index in [4.69, 9.17) is 11.6 Å². The second-order valence-corrected chi connectivity index (χ2v) is 10.4. The lowest BCUT2D eigenvalue weighted by atomic mass is 10.00. The first-order valence-corrected chi connectivity index (χ1v) is 13.8. The van der Waals surface area contributed by atoms with Gasteiger partial charge in [0.05, 0.1) is 52.2 Å². The van der Waals surface area contributed by atoms with E-state index in [1.165, 1.54) is 6.20 Å². The number of hydrogen-bond acceptors (Lipinski definition) is 8. The van der Waals surface area contributed by atoms with Crippen molar-refractivity contribution in [3.63, 3.8) is 0 Å². The highest BCUT2D eigenvalue weighted by molar-refractivity contribution is 6.35. The zero-order valence-electron chi connectivity index (χ0n) is 22.1. The Balaban J connectivity index is 1.42. The summed E-state index contributed by atoms with van der Waals surface area (Å²) in [5.41, 5.74) is 5.02. The van der Waals surface area contributed by atoms with Crippen LogP contribution in [0.15, 0.2) is 79.4 Å². The van der Waals surface area contributed by atoms with Crippen LogP contribution in [0.4, 0.5) is 11.4 Å². The molecule has 2 unspecified atom stereocenters. The Morgan fingerprint density at radius 2 is 1.85 bits per heavy atom. The summed E-state index contributed by atoms with van der Waals surface area (Å²) >= 11 is 6.80. The molecule has 2 N–H and O–H groups in total. The molecule has 0 radical (unpaired) electrons. The summed E-state index contributed by atoms with van der Waals surface area (Å²) in [5.74, 6) is 0. The lowest BCUT2D eigenvalue weighted by Gasteiger charge is -2.23. The first-order valence-electron chi connectivity index (χ1n) is 13.4. The standard InChI is InChI=1S/C31H26ClN9/c32-26-15-23(37-30(21-8-5-13-35-17-21)28-19-41(40-39-28)24-10-11-24)14-25-29(22(16-34)18-36-31(25)26)38-27(9-4-12-33)20-6-2-1-3-7-20/h1-3,5-8,13-15,17-19,24,27,30,37H,4,9-11H2,(H,36,38). The van der Waals surface area contributed by atoms with Crippen LogP contribution in [-0.2, 0) is 0 Å². The van der Waals surface area contributed by atoms with Crippen molar-refractivity contribution in [1.29, 1.82) is 10.5 Å². The van der Waals surface area contributed by atoms with Gasteiger partial charge in [0.25, 0.3) is 0 Å². The highest BCUT2D eigenvalue weighted by Crippen LogP contribution is 2.38. The van der Waals surface area contributed by atoms with Gasteiger partial charge in [0, 0.05) is 36.1 Å². The van der Waals surface area contributed by atoms with Gasteiger partial charge in [-0.1, -0.05) is 53.2 Å². The van der Waals surface area contributed by atoms with Crippen molar-refractivity contribution in [2.75, 3.05) is 10.6 Å². The maximum absolute atomic E-state index is 10.0. The van der Waals surface area contributed by atoms with E-state index in [1.54, 1.807) is 12.4 Å². The fourth-order valence-corrected chi connectivity index (χ4v) is 5.22. The van der Waals surface area contributed by atoms with Crippen molar-refractivity contribution in [2.24, 2.45) is 0 Å². The molecule has 5 aromatic rings. The number of nitrogens with one attached hydrogen (secondary N) is 2. The van der Waals surface area contributed by atoms with Crippen LogP contribution in [0.1, 0.15) is 66.2 Å². The second kappa shape index (κ2) is 11.6. The molecule has 2 atom stereocenters. The number of benzene rings is 2. The van der Waals surface area contributed by atoms with Gasteiger partial charge in [0.1, 0.15) is 11.8 Å². The summed E-state index contributed by atoms with van der Waals surface area (Å²) in [6, 6.07) is 21.9. The van der Waals surface area contributed by atoms with Crippen LogP contribution in [0.25, 0.3) is 10.9 Å². The smallest absolute Gasteiger partial charge is 0.110 e. The van der Waals surface area contributed by atoms with E-state index in [1.807, 2.05) is 65.5 Å². The number of anilines is 2. The lowest BCUT2D eigenvalue weighted by Crippen LogP contribution is -2.14. The summed E-state index contributed by atoms with van der Waals surface area (Å²) in [5, 5.41) is 36.4. The fourth-order valence-electron chi connectivity index (χ4n) is 4.96. The highest BCUT2D eigenvalue weighted by atomic mass is 35.5. The molecule has 9 nitrogen and oxygen atoms in total. The highest BCUT2D eigenvalue weighted by Gasteiger charge is 2.27. The van der Waals surface area contributed by atoms with E-state index in [-0.39, 0.29) is 12.1 Å². The average molecular weight is 560 g/mol. The van der Waals surface area contributed by atoms with Crippen LogP contribution >= 0.6 is 11.6 Å². The van der Waals surface area contributed by atoms with Crippen LogP contribution in [0.5, 0.6) is 0 Å². The van der Waals surface area contributed by atoms with Crippen LogP contribution in [0.3, 0.4) is 0 Å². The molecule has 2 aromatic carbocycles. The molecule has 0 saturated heterocycles. The van der Waals surface area contributed by atoms with Gasteiger partial charge < -0.3 is 10.6 Å². The van der Waals surface area contributed by atoms with Crippen molar-refractivity contribution in [3.8, 4) is 12.1 Å². The molecule has 0 amide bonds. The number of pyridine rings is 2. The Kier molecular flexibility index (Phi) is 7.44. The Labute approximate surface area is 242 Å². The van der Waals surface area contributed by atoms with Crippen LogP contribution < -0.4 is 10.6 Å². The lowest BCUT2D eigenvalue weighted by molar-refractivity contribution is 0.610. The average Bonchev–Trinajstić information content (AvgIpc) is 3.75. The molecule has 3 aromatic heterocycles. The number of aromatic nitrogens is 5. The molecule has 1 aliphatic rings. The van der Waals surface area contributed by atoms with Gasteiger partial charge in [-0.05, 0) is 48.6 Å². The van der Waals surface area contributed by atoms with E-state index in [0.717, 1.165) is 35.3 Å². The molecule has 3 heterocycles. The quantitative estimate of drug-likeness (QED) is 0.192. The molecule has 6 rings (SSSR count). The third kappa shape index (κ3) is 5.67. The maximum Gasteiger partial charge on any atom is 0.110 e. The summed E-state index contributed by atoms with van der Waals surface area (Å²) < 4.78 is 1.92. The van der Waals surface area contributed by atoms with Crippen LogP contribution in [-0.4, -0.2) is 25.0 Å². The molecule has 0 spiro atoms. The molecule has 41 heavy (non-hydrogen) atoms. The van der Waals surface area contributed by atoms with Crippen molar-refractivity contribution in [3.05, 3.63) is 107 Å². The Morgan fingerprint density at radius 3 is 2.59 bits per heavy atom. The molecule has 202 valence electrons. The summed E-state index contributed by atoms with van der Waals surface area (Å²) in [7, 11) is 0. The first kappa shape index (κ1) is 26.2. The van der Waals surface area contributed by atoms with Gasteiger partial charge in [-0.3, -0.25) is 9.97 Å². The number of nitriles is 2. The largest absolute Gasteiger partial charge is 0.377 e. The number of hydrogen-bond donors (Lipinski definition) is 2. The summed E-state index contributed by atoms with van der Waals surface area (Å²) in [6.07, 6.45) is 10.2. The minimum Gasteiger partial charge on any atom is -0.377 e. The van der Waals surface area contributed by atoms with E-state index < -0.39 is 0 Å². The van der Waals surface area contributed by atoms with Gasteiger partial charge in [-0.15, -0.1) is 5.10 Å². The molecule has 1 fully saturated rings. The van der Waals surface area contributed by atoms with Gasteiger partial charge in [0.2, 0.25) is 0 Å². The molecule has 1 saturated carbocycles. The van der Waals surface area contributed by atoms with E-state index in [2.05, 4.69) is 43.1 Å². The fraction of sp³-hybridized carbons (Fsp3) is 0.226. The summed E-state index contributed by atoms with van der Waals surface area (Å²) in [4.78, 5) is 8.83. The van der Waals surface area contributed by atoms with Gasteiger partial charge in [-0.25, -0.2) is 4.68 Å². The van der Waals surface area contributed by atoms with E-state index in [9.17, 15) is 10.5 Å². The van der Waals surface area contributed by atoms with Gasteiger partial charge >= 0.3 is 0 Å². The van der Waals surface area contributed by atoms with E-state index >= 15 is 0 Å². The van der Waals surface area contributed by atoms with Gasteiger partial charge in [0.15, 0.2) is 0 Å². The summed E-state index contributed by atoms with van der Waals surface area (Å²) in [6.45, 7) is 0. The molecule has 0 aliphatic heterocycles. The molecule has 1 aliphatic carbocycles. The predicted octanol–water partition coefficient (Wildman–Crippen LogP) is 6.74. The van der Waals surface area contributed by atoms with Crippen LogP contribution in [0, 0.1) is 22.7 Å². The topological polar surface area (TPSA) is 128 Å². The Bertz CT molecular complexity index is 1750. The maximum atomic E-state index is 10.0. The minimum atomic E-state index is -0.332. The Morgan fingerprint density at radius 1 is 1.02 bits per heavy atom. The molecule has 0 bridgehead atoms. The normalized spacial score (nSPS) is 14.1. The van der Waals surface area contributed by atoms with Gasteiger partial charge in [-0.2, -0.15) is 10.5 Å².